The van der Waals surface area contributed by atoms with Gasteiger partial charge in [0.2, 0.25) is 0 Å². The molecule has 0 saturated carbocycles. The summed E-state index contributed by atoms with van der Waals surface area (Å²) < 4.78 is 10.4. The van der Waals surface area contributed by atoms with Gasteiger partial charge in [0.15, 0.2) is 11.5 Å². The molecule has 1 aliphatic heterocycles. The highest BCUT2D eigenvalue weighted by Crippen LogP contribution is 2.42. The molecule has 0 radical (unpaired) electrons. The Bertz CT molecular complexity index is 987. The molecule has 30 heavy (non-hydrogen) atoms. The van der Waals surface area contributed by atoms with Gasteiger partial charge in [-0.05, 0) is 18.6 Å². The van der Waals surface area contributed by atoms with Crippen LogP contribution in [0.25, 0.3) is 0 Å². The summed E-state index contributed by atoms with van der Waals surface area (Å²) in [6.45, 7) is 1.88. The number of ether oxygens (including phenoxy) is 2. The summed E-state index contributed by atoms with van der Waals surface area (Å²) in [7, 11) is 1.43. The SMILES string of the molecule is CCOC(=O)C1=C(N)CC(c2ccc([N+](=O)[O-])cc2)NC1c1cccc(OC)c1O. The van der Waals surface area contributed by atoms with Crippen molar-refractivity contribution in [2.24, 2.45) is 5.73 Å². The van der Waals surface area contributed by atoms with Crippen molar-refractivity contribution in [2.75, 3.05) is 13.7 Å². The fraction of sp³-hybridized carbons (Fsp3) is 0.286. The second kappa shape index (κ2) is 8.83. The largest absolute Gasteiger partial charge is 0.504 e. The number of nitro groups is 1. The Hall–Kier alpha value is -3.59. The number of para-hydroxylation sites is 1. The number of benzene rings is 2. The molecule has 2 aromatic carbocycles. The topological polar surface area (TPSA) is 137 Å². The number of carbonyl (C=O) groups excluding carboxylic acids is 1. The summed E-state index contributed by atoms with van der Waals surface area (Å²) in [5.41, 5.74) is 7.98. The fourth-order valence-corrected chi connectivity index (χ4v) is 3.54. The van der Waals surface area contributed by atoms with Crippen LogP contribution < -0.4 is 15.8 Å². The number of nitrogens with two attached hydrogens (primary N) is 1. The molecule has 0 saturated heterocycles. The monoisotopic (exact) mass is 413 g/mol. The third-order valence-electron chi connectivity index (χ3n) is 4.99. The van der Waals surface area contributed by atoms with Crippen molar-refractivity contribution in [1.82, 2.24) is 5.32 Å². The van der Waals surface area contributed by atoms with Crippen LogP contribution in [0.2, 0.25) is 0 Å². The standard InChI is InChI=1S/C21H23N3O6/c1-3-30-21(26)18-15(22)11-16(12-7-9-13(10-8-12)24(27)28)23-19(18)14-5-4-6-17(29-2)20(14)25/h4-10,16,19,23,25H,3,11,22H2,1-2H3. The Morgan fingerprint density at radius 2 is 2.00 bits per heavy atom. The van der Waals surface area contributed by atoms with E-state index < -0.39 is 16.9 Å². The first-order valence-corrected chi connectivity index (χ1v) is 9.39. The van der Waals surface area contributed by atoms with Crippen LogP contribution in [0.3, 0.4) is 0 Å². The molecule has 1 aliphatic rings. The van der Waals surface area contributed by atoms with Gasteiger partial charge >= 0.3 is 5.97 Å². The van der Waals surface area contributed by atoms with Gasteiger partial charge in [0.1, 0.15) is 0 Å². The Morgan fingerprint density at radius 3 is 2.60 bits per heavy atom. The van der Waals surface area contributed by atoms with Gasteiger partial charge < -0.3 is 20.3 Å². The second-order valence-corrected chi connectivity index (χ2v) is 6.76. The van der Waals surface area contributed by atoms with Gasteiger partial charge in [0.05, 0.1) is 30.3 Å². The van der Waals surface area contributed by atoms with E-state index >= 15 is 0 Å². The van der Waals surface area contributed by atoms with Crippen LogP contribution in [0.1, 0.15) is 36.6 Å². The molecule has 0 fully saturated rings. The van der Waals surface area contributed by atoms with Gasteiger partial charge in [-0.1, -0.05) is 24.3 Å². The van der Waals surface area contributed by atoms with Crippen molar-refractivity contribution in [1.29, 1.82) is 0 Å². The molecule has 2 atom stereocenters. The molecule has 0 bridgehead atoms. The number of hydrogen-bond acceptors (Lipinski definition) is 8. The maximum Gasteiger partial charge on any atom is 0.337 e. The van der Waals surface area contributed by atoms with Crippen molar-refractivity contribution >= 4 is 11.7 Å². The number of phenols is 1. The van der Waals surface area contributed by atoms with Crippen LogP contribution in [-0.4, -0.2) is 29.7 Å². The summed E-state index contributed by atoms with van der Waals surface area (Å²) in [4.78, 5) is 23.1. The quantitative estimate of drug-likeness (QED) is 0.373. The molecule has 1 heterocycles. The lowest BCUT2D eigenvalue weighted by Gasteiger charge is -2.34. The van der Waals surface area contributed by atoms with Crippen molar-refractivity contribution in [2.45, 2.75) is 25.4 Å². The van der Waals surface area contributed by atoms with E-state index in [1.54, 1.807) is 37.3 Å². The number of carbonyl (C=O) groups is 1. The molecular formula is C21H23N3O6. The summed E-state index contributed by atoms with van der Waals surface area (Å²) in [5, 5.41) is 24.9. The number of hydrogen-bond donors (Lipinski definition) is 3. The van der Waals surface area contributed by atoms with Crippen molar-refractivity contribution in [3.05, 3.63) is 75.0 Å². The van der Waals surface area contributed by atoms with Gasteiger partial charge in [-0.2, -0.15) is 0 Å². The van der Waals surface area contributed by atoms with E-state index in [4.69, 9.17) is 15.2 Å². The number of nitrogens with one attached hydrogen (secondary N) is 1. The van der Waals surface area contributed by atoms with Gasteiger partial charge in [-0.3, -0.25) is 15.4 Å². The average molecular weight is 413 g/mol. The molecule has 2 aromatic rings. The van der Waals surface area contributed by atoms with Gasteiger partial charge in [-0.25, -0.2) is 4.79 Å². The molecule has 0 aliphatic carbocycles. The minimum Gasteiger partial charge on any atom is -0.504 e. The van der Waals surface area contributed by atoms with E-state index in [0.717, 1.165) is 5.56 Å². The maximum absolute atomic E-state index is 12.6. The van der Waals surface area contributed by atoms with Gasteiger partial charge in [0, 0.05) is 35.9 Å². The zero-order chi connectivity index (χ0) is 21.8. The first-order chi connectivity index (χ1) is 14.4. The van der Waals surface area contributed by atoms with E-state index in [2.05, 4.69) is 5.32 Å². The number of nitro benzene ring substituents is 1. The highest BCUT2D eigenvalue weighted by Gasteiger charge is 2.36. The van der Waals surface area contributed by atoms with E-state index in [0.29, 0.717) is 17.7 Å². The predicted molar refractivity (Wildman–Crippen MR) is 109 cm³/mol. The fourth-order valence-electron chi connectivity index (χ4n) is 3.54. The molecular weight excluding hydrogens is 390 g/mol. The van der Waals surface area contributed by atoms with Gasteiger partial charge in [0.25, 0.3) is 5.69 Å². The molecule has 9 heteroatoms. The smallest absolute Gasteiger partial charge is 0.337 e. The van der Waals surface area contributed by atoms with E-state index in [1.165, 1.54) is 19.2 Å². The van der Waals surface area contributed by atoms with Crippen molar-refractivity contribution in [3.8, 4) is 11.5 Å². The summed E-state index contributed by atoms with van der Waals surface area (Å²) in [5.74, 6) is -0.429. The lowest BCUT2D eigenvalue weighted by Crippen LogP contribution is -2.38. The highest BCUT2D eigenvalue weighted by atomic mass is 16.6. The summed E-state index contributed by atoms with van der Waals surface area (Å²) in [6.07, 6.45) is 0.299. The molecule has 2 unspecified atom stereocenters. The number of methoxy groups -OCH3 is 1. The predicted octanol–water partition coefficient (Wildman–Crippen LogP) is 2.86. The zero-order valence-electron chi connectivity index (χ0n) is 16.6. The highest BCUT2D eigenvalue weighted by molar-refractivity contribution is 5.91. The number of esters is 1. The molecule has 0 amide bonds. The van der Waals surface area contributed by atoms with Crippen molar-refractivity contribution < 1.29 is 24.3 Å². The molecule has 9 nitrogen and oxygen atoms in total. The van der Waals surface area contributed by atoms with E-state index in [9.17, 15) is 20.0 Å². The average Bonchev–Trinajstić information content (AvgIpc) is 2.73. The van der Waals surface area contributed by atoms with Crippen LogP contribution in [0.15, 0.2) is 53.7 Å². The Kier molecular flexibility index (Phi) is 6.22. The molecule has 0 aromatic heterocycles. The lowest BCUT2D eigenvalue weighted by atomic mass is 9.87. The second-order valence-electron chi connectivity index (χ2n) is 6.76. The van der Waals surface area contributed by atoms with Crippen molar-refractivity contribution in [3.63, 3.8) is 0 Å². The van der Waals surface area contributed by atoms with Crippen LogP contribution >= 0.6 is 0 Å². The summed E-state index contributed by atoms with van der Waals surface area (Å²) >= 11 is 0. The van der Waals surface area contributed by atoms with Crippen LogP contribution in [0, 0.1) is 10.1 Å². The summed E-state index contributed by atoms with van der Waals surface area (Å²) in [6, 6.07) is 9.98. The molecule has 3 rings (SSSR count). The Morgan fingerprint density at radius 1 is 1.30 bits per heavy atom. The van der Waals surface area contributed by atoms with Gasteiger partial charge in [-0.15, -0.1) is 0 Å². The van der Waals surface area contributed by atoms with E-state index in [-0.39, 0.29) is 35.4 Å². The first-order valence-electron chi connectivity index (χ1n) is 9.39. The lowest BCUT2D eigenvalue weighted by molar-refractivity contribution is -0.384. The first kappa shape index (κ1) is 21.1. The maximum atomic E-state index is 12.6. The number of aromatic hydroxyl groups is 1. The number of phenolic OH excluding ortho intramolecular Hbond substituents is 1. The number of rotatable bonds is 6. The Balaban J connectivity index is 2.05. The van der Waals surface area contributed by atoms with Crippen LogP contribution in [-0.2, 0) is 9.53 Å². The van der Waals surface area contributed by atoms with Crippen LogP contribution in [0.4, 0.5) is 5.69 Å². The normalized spacial score (nSPS) is 18.7. The number of nitrogens with zero attached hydrogens (tertiary/aromatic N) is 1. The van der Waals surface area contributed by atoms with Crippen LogP contribution in [0.5, 0.6) is 11.5 Å². The third kappa shape index (κ3) is 4.06. The van der Waals surface area contributed by atoms with E-state index in [1.807, 2.05) is 0 Å². The number of non-ortho nitro benzene ring substituents is 1. The molecule has 158 valence electrons. The minimum absolute atomic E-state index is 0.0210. The molecule has 0 spiro atoms. The minimum atomic E-state index is -0.756. The zero-order valence-corrected chi connectivity index (χ0v) is 16.6. The molecule has 4 N–H and O–H groups in total. The Labute approximate surface area is 173 Å². The third-order valence-corrected chi connectivity index (χ3v) is 4.99.